The van der Waals surface area contributed by atoms with Gasteiger partial charge in [-0.1, -0.05) is 32.4 Å². The summed E-state index contributed by atoms with van der Waals surface area (Å²) >= 11 is 0. The van der Waals surface area contributed by atoms with E-state index in [2.05, 4.69) is 19.2 Å². The molecule has 4 heteroatoms. The van der Waals surface area contributed by atoms with Crippen LogP contribution in [0.1, 0.15) is 42.4 Å². The number of pyridine rings is 1. The largest absolute Gasteiger partial charge is 0.345 e. The van der Waals surface area contributed by atoms with Crippen LogP contribution in [0.4, 0.5) is 0 Å². The lowest BCUT2D eigenvalue weighted by molar-refractivity contribution is 0.0946. The van der Waals surface area contributed by atoms with Crippen LogP contribution in [0.25, 0.3) is 10.9 Å². The summed E-state index contributed by atoms with van der Waals surface area (Å²) in [7, 11) is 1.93. The van der Waals surface area contributed by atoms with Gasteiger partial charge in [0.25, 0.3) is 5.91 Å². The minimum Gasteiger partial charge on any atom is -0.345 e. The van der Waals surface area contributed by atoms with E-state index in [1.54, 1.807) is 6.07 Å². The van der Waals surface area contributed by atoms with Crippen molar-refractivity contribution >= 4 is 16.8 Å². The van der Waals surface area contributed by atoms with Crippen LogP contribution in [0.5, 0.6) is 0 Å². The molecule has 4 nitrogen and oxygen atoms in total. The summed E-state index contributed by atoms with van der Waals surface area (Å²) in [6, 6.07) is 7.37. The third kappa shape index (κ3) is 1.60. The molecular weight excluding hydrogens is 252 g/mol. The predicted molar refractivity (Wildman–Crippen MR) is 78.9 cm³/mol. The van der Waals surface area contributed by atoms with Gasteiger partial charge in [0.1, 0.15) is 5.56 Å². The third-order valence-corrected chi connectivity index (χ3v) is 4.38. The number of amides is 1. The SMILES string of the molecule is CC[C@H](C)[C@@H]1NC(=O)c2c1n(C)c1ccccc1c2=O. The Labute approximate surface area is 117 Å². The average molecular weight is 270 g/mol. The number of nitrogens with one attached hydrogen (secondary N) is 1. The number of aryl methyl sites for hydroxylation is 1. The number of hydrogen-bond donors (Lipinski definition) is 1. The van der Waals surface area contributed by atoms with Gasteiger partial charge >= 0.3 is 0 Å². The Morgan fingerprint density at radius 1 is 1.30 bits per heavy atom. The Bertz CT molecular complexity index is 761. The number of carbonyl (C=O) groups excluding carboxylic acids is 1. The van der Waals surface area contributed by atoms with Gasteiger partial charge in [-0.05, 0) is 18.1 Å². The number of hydrogen-bond acceptors (Lipinski definition) is 2. The average Bonchev–Trinajstić information content (AvgIpc) is 2.82. The van der Waals surface area contributed by atoms with E-state index < -0.39 is 0 Å². The quantitative estimate of drug-likeness (QED) is 0.910. The molecule has 0 bridgehead atoms. The molecule has 2 atom stereocenters. The van der Waals surface area contributed by atoms with E-state index in [0.717, 1.165) is 17.6 Å². The molecule has 3 rings (SSSR count). The molecule has 1 aliphatic rings. The molecule has 0 unspecified atom stereocenters. The van der Waals surface area contributed by atoms with Crippen molar-refractivity contribution in [3.05, 3.63) is 45.7 Å². The minimum absolute atomic E-state index is 0.0789. The summed E-state index contributed by atoms with van der Waals surface area (Å²) in [4.78, 5) is 24.8. The molecule has 0 saturated heterocycles. The van der Waals surface area contributed by atoms with Gasteiger partial charge in [0.15, 0.2) is 0 Å². The second-order valence-corrected chi connectivity index (χ2v) is 5.50. The molecule has 1 aromatic heterocycles. The first-order chi connectivity index (χ1) is 9.56. The van der Waals surface area contributed by atoms with Crippen molar-refractivity contribution in [2.45, 2.75) is 26.3 Å². The van der Waals surface area contributed by atoms with E-state index in [0.29, 0.717) is 16.9 Å². The lowest BCUT2D eigenvalue weighted by Crippen LogP contribution is -2.25. The van der Waals surface area contributed by atoms with Crippen LogP contribution in [0.2, 0.25) is 0 Å². The molecule has 2 aromatic rings. The Morgan fingerprint density at radius 2 is 2.00 bits per heavy atom. The summed E-state index contributed by atoms with van der Waals surface area (Å²) in [6.45, 7) is 4.19. The van der Waals surface area contributed by atoms with Crippen molar-refractivity contribution in [3.8, 4) is 0 Å². The number of fused-ring (bicyclic) bond motifs is 2. The van der Waals surface area contributed by atoms with Crippen LogP contribution in [0.3, 0.4) is 0 Å². The fourth-order valence-corrected chi connectivity index (χ4v) is 3.02. The van der Waals surface area contributed by atoms with Crippen LogP contribution in [0.15, 0.2) is 29.1 Å². The Balaban J connectivity index is 2.40. The van der Waals surface area contributed by atoms with E-state index in [1.165, 1.54) is 0 Å². The first kappa shape index (κ1) is 12.9. The van der Waals surface area contributed by atoms with Crippen LogP contribution >= 0.6 is 0 Å². The highest BCUT2D eigenvalue weighted by atomic mass is 16.2. The maximum atomic E-state index is 12.6. The second kappa shape index (κ2) is 4.47. The normalized spacial score (nSPS) is 18.9. The zero-order valence-electron chi connectivity index (χ0n) is 11.9. The molecular formula is C16H18N2O2. The maximum absolute atomic E-state index is 12.6. The van der Waals surface area contributed by atoms with Gasteiger partial charge in [-0.3, -0.25) is 9.59 Å². The molecule has 2 heterocycles. The smallest absolute Gasteiger partial charge is 0.257 e. The molecule has 1 aliphatic heterocycles. The fraction of sp³-hybridized carbons (Fsp3) is 0.375. The number of carbonyl (C=O) groups is 1. The molecule has 0 aliphatic carbocycles. The highest BCUT2D eigenvalue weighted by molar-refractivity contribution is 6.01. The van der Waals surface area contributed by atoms with Crippen LogP contribution < -0.4 is 10.7 Å². The van der Waals surface area contributed by atoms with E-state index in [4.69, 9.17) is 0 Å². The van der Waals surface area contributed by atoms with Crippen molar-refractivity contribution in [1.29, 1.82) is 0 Å². The van der Waals surface area contributed by atoms with Crippen molar-refractivity contribution < 1.29 is 4.79 Å². The number of benzene rings is 1. The first-order valence-electron chi connectivity index (χ1n) is 6.98. The van der Waals surface area contributed by atoms with Gasteiger partial charge in [0, 0.05) is 12.4 Å². The highest BCUT2D eigenvalue weighted by Gasteiger charge is 2.36. The van der Waals surface area contributed by atoms with Crippen LogP contribution in [-0.4, -0.2) is 10.5 Å². The molecule has 20 heavy (non-hydrogen) atoms. The van der Waals surface area contributed by atoms with E-state index >= 15 is 0 Å². The second-order valence-electron chi connectivity index (χ2n) is 5.50. The number of rotatable bonds is 2. The summed E-state index contributed by atoms with van der Waals surface area (Å²) < 4.78 is 1.99. The Hall–Kier alpha value is -2.10. The molecule has 1 N–H and O–H groups in total. The predicted octanol–water partition coefficient (Wildman–Crippen LogP) is 2.37. The zero-order valence-corrected chi connectivity index (χ0v) is 11.9. The molecule has 1 aromatic carbocycles. The van der Waals surface area contributed by atoms with E-state index in [1.807, 2.05) is 29.8 Å². The summed E-state index contributed by atoms with van der Waals surface area (Å²) in [6.07, 6.45) is 0.950. The van der Waals surface area contributed by atoms with Crippen molar-refractivity contribution in [2.24, 2.45) is 13.0 Å². The van der Waals surface area contributed by atoms with Crippen LogP contribution in [0, 0.1) is 5.92 Å². The Kier molecular flexibility index (Phi) is 2.89. The molecule has 0 spiro atoms. The lowest BCUT2D eigenvalue weighted by Gasteiger charge is -2.21. The molecule has 0 saturated carbocycles. The number of aromatic nitrogens is 1. The topological polar surface area (TPSA) is 51.1 Å². The number of nitrogens with zero attached hydrogens (tertiary/aromatic N) is 1. The fourth-order valence-electron chi connectivity index (χ4n) is 3.02. The van der Waals surface area contributed by atoms with Crippen molar-refractivity contribution in [2.75, 3.05) is 0 Å². The summed E-state index contributed by atoms with van der Waals surface area (Å²) in [5.74, 6) is 0.0589. The van der Waals surface area contributed by atoms with E-state index in [9.17, 15) is 9.59 Å². The summed E-state index contributed by atoms with van der Waals surface area (Å²) in [5.41, 5.74) is 1.86. The maximum Gasteiger partial charge on any atom is 0.257 e. The van der Waals surface area contributed by atoms with Gasteiger partial charge in [-0.25, -0.2) is 0 Å². The van der Waals surface area contributed by atoms with Crippen LogP contribution in [-0.2, 0) is 7.05 Å². The van der Waals surface area contributed by atoms with Crippen molar-refractivity contribution in [3.63, 3.8) is 0 Å². The van der Waals surface area contributed by atoms with Gasteiger partial charge in [-0.15, -0.1) is 0 Å². The zero-order chi connectivity index (χ0) is 14.4. The third-order valence-electron chi connectivity index (χ3n) is 4.38. The minimum atomic E-state index is -0.239. The van der Waals surface area contributed by atoms with Gasteiger partial charge in [-0.2, -0.15) is 0 Å². The molecule has 1 amide bonds. The molecule has 104 valence electrons. The van der Waals surface area contributed by atoms with Gasteiger partial charge in [0.2, 0.25) is 5.43 Å². The number of para-hydroxylation sites is 1. The lowest BCUT2D eigenvalue weighted by atomic mass is 9.95. The molecule has 0 fully saturated rings. The standard InChI is InChI=1S/C16H18N2O2/c1-4-9(2)13-14-12(16(20)17-13)15(19)10-7-5-6-8-11(10)18(14)3/h5-9,13H,4H2,1-3H3,(H,17,20)/t9-,13-/m0/s1. The van der Waals surface area contributed by atoms with Crippen molar-refractivity contribution in [1.82, 2.24) is 9.88 Å². The monoisotopic (exact) mass is 270 g/mol. The molecule has 0 radical (unpaired) electrons. The highest BCUT2D eigenvalue weighted by Crippen LogP contribution is 2.32. The van der Waals surface area contributed by atoms with Gasteiger partial charge < -0.3 is 9.88 Å². The summed E-state index contributed by atoms with van der Waals surface area (Å²) in [5, 5.41) is 3.57. The Morgan fingerprint density at radius 3 is 2.70 bits per heavy atom. The van der Waals surface area contributed by atoms with Gasteiger partial charge in [0.05, 0.1) is 17.3 Å². The van der Waals surface area contributed by atoms with E-state index in [-0.39, 0.29) is 17.4 Å². The first-order valence-corrected chi connectivity index (χ1v) is 6.98.